The van der Waals surface area contributed by atoms with E-state index >= 15 is 0 Å². The molecule has 0 aliphatic heterocycles. The van der Waals surface area contributed by atoms with Gasteiger partial charge in [0, 0.05) is 6.42 Å². The first-order chi connectivity index (χ1) is 7.91. The normalized spacial score (nSPS) is 12.6. The van der Waals surface area contributed by atoms with Gasteiger partial charge in [0.1, 0.15) is 6.29 Å². The van der Waals surface area contributed by atoms with Crippen molar-refractivity contribution in [2.45, 2.75) is 39.0 Å². The van der Waals surface area contributed by atoms with Crippen molar-refractivity contribution >= 4 is 6.29 Å². The molecule has 0 bridgehead atoms. The van der Waals surface area contributed by atoms with Crippen molar-refractivity contribution in [3.05, 3.63) is 48.6 Å². The Labute approximate surface area is 99.3 Å². The Morgan fingerprint density at radius 2 is 1.00 bits per heavy atom. The fourth-order valence-electron chi connectivity index (χ4n) is 1.13. The van der Waals surface area contributed by atoms with Crippen LogP contribution in [0.4, 0.5) is 0 Å². The third-order valence-corrected chi connectivity index (χ3v) is 1.95. The minimum atomic E-state index is 0.525. The zero-order valence-electron chi connectivity index (χ0n) is 10.1. The zero-order chi connectivity index (χ0) is 11.9. The summed E-state index contributed by atoms with van der Waals surface area (Å²) in [5.74, 6) is 0. The average molecular weight is 218 g/mol. The minimum absolute atomic E-state index is 0.525. The Kier molecular flexibility index (Phi) is 12.5. The summed E-state index contributed by atoms with van der Waals surface area (Å²) in [5, 5.41) is 0. The molecule has 0 amide bonds. The minimum Gasteiger partial charge on any atom is -0.303 e. The summed E-state index contributed by atoms with van der Waals surface area (Å²) >= 11 is 0. The quantitative estimate of drug-likeness (QED) is 0.414. The molecule has 0 rings (SSSR count). The topological polar surface area (TPSA) is 17.1 Å². The van der Waals surface area contributed by atoms with E-state index < -0.39 is 0 Å². The van der Waals surface area contributed by atoms with Gasteiger partial charge < -0.3 is 4.79 Å². The Morgan fingerprint density at radius 3 is 1.38 bits per heavy atom. The second-order valence-electron chi connectivity index (χ2n) is 3.40. The van der Waals surface area contributed by atoms with Crippen molar-refractivity contribution in [2.75, 3.05) is 0 Å². The molecule has 0 spiro atoms. The van der Waals surface area contributed by atoms with Gasteiger partial charge in [-0.2, -0.15) is 0 Å². The molecule has 0 heterocycles. The van der Waals surface area contributed by atoms with E-state index in [1.807, 2.05) is 12.2 Å². The molecule has 1 heteroatoms. The molecule has 0 fully saturated rings. The first kappa shape index (κ1) is 14.6. The first-order valence-corrected chi connectivity index (χ1v) is 5.95. The van der Waals surface area contributed by atoms with Crippen molar-refractivity contribution in [1.82, 2.24) is 0 Å². The van der Waals surface area contributed by atoms with Crippen LogP contribution in [0.25, 0.3) is 0 Å². The lowest BCUT2D eigenvalue weighted by Crippen LogP contribution is -1.66. The van der Waals surface area contributed by atoms with Gasteiger partial charge in [0.05, 0.1) is 0 Å². The molecule has 0 aliphatic carbocycles. The molecule has 88 valence electrons. The van der Waals surface area contributed by atoms with E-state index in [-0.39, 0.29) is 0 Å². The summed E-state index contributed by atoms with van der Waals surface area (Å²) in [6.07, 6.45) is 22.4. The van der Waals surface area contributed by atoms with E-state index in [9.17, 15) is 4.79 Å². The highest BCUT2D eigenvalue weighted by molar-refractivity contribution is 5.51. The second-order valence-corrected chi connectivity index (χ2v) is 3.40. The number of aldehydes is 1. The largest absolute Gasteiger partial charge is 0.303 e. The highest BCUT2D eigenvalue weighted by Crippen LogP contribution is 1.94. The summed E-state index contributed by atoms with van der Waals surface area (Å²) in [4.78, 5) is 10.0. The molecule has 1 nitrogen and oxygen atoms in total. The maximum Gasteiger partial charge on any atom is 0.123 e. The van der Waals surface area contributed by atoms with Gasteiger partial charge in [-0.25, -0.2) is 0 Å². The van der Waals surface area contributed by atoms with Crippen LogP contribution < -0.4 is 0 Å². The van der Waals surface area contributed by atoms with Crippen molar-refractivity contribution < 1.29 is 4.79 Å². The predicted molar refractivity (Wildman–Crippen MR) is 71.4 cm³/mol. The van der Waals surface area contributed by atoms with Crippen LogP contribution in [-0.2, 0) is 4.79 Å². The maximum absolute atomic E-state index is 10.0. The number of carbonyl (C=O) groups excluding carboxylic acids is 1. The van der Waals surface area contributed by atoms with Gasteiger partial charge in [-0.1, -0.05) is 55.5 Å². The van der Waals surface area contributed by atoms with Gasteiger partial charge in [0.25, 0.3) is 0 Å². The molecule has 0 saturated carbocycles. The average Bonchev–Trinajstić information content (AvgIpc) is 2.31. The summed E-state index contributed by atoms with van der Waals surface area (Å²) in [5.41, 5.74) is 0. The van der Waals surface area contributed by atoms with E-state index in [0.717, 1.165) is 32.0 Å². The van der Waals surface area contributed by atoms with Gasteiger partial charge in [-0.05, 0) is 25.7 Å². The van der Waals surface area contributed by atoms with Crippen LogP contribution >= 0.6 is 0 Å². The lowest BCUT2D eigenvalue weighted by atomic mass is 10.2. The number of rotatable bonds is 9. The SMILES string of the molecule is CC/C=C/C/C=C\C/C=C\C/C=C\CC=O. The van der Waals surface area contributed by atoms with Crippen LogP contribution in [0.3, 0.4) is 0 Å². The third-order valence-electron chi connectivity index (χ3n) is 1.95. The van der Waals surface area contributed by atoms with Gasteiger partial charge in [-0.3, -0.25) is 0 Å². The Morgan fingerprint density at radius 1 is 0.625 bits per heavy atom. The molecule has 0 aromatic heterocycles. The summed E-state index contributed by atoms with van der Waals surface area (Å²) < 4.78 is 0. The molecule has 0 saturated heterocycles. The lowest BCUT2D eigenvalue weighted by molar-refractivity contribution is -0.107. The van der Waals surface area contributed by atoms with Crippen LogP contribution in [0.1, 0.15) is 39.0 Å². The summed E-state index contributed by atoms with van der Waals surface area (Å²) in [6, 6.07) is 0. The van der Waals surface area contributed by atoms with E-state index in [0.29, 0.717) is 6.42 Å². The van der Waals surface area contributed by atoms with Crippen LogP contribution in [0.2, 0.25) is 0 Å². The van der Waals surface area contributed by atoms with Crippen molar-refractivity contribution in [3.8, 4) is 0 Å². The molecule has 16 heavy (non-hydrogen) atoms. The highest BCUT2D eigenvalue weighted by Gasteiger charge is 1.74. The lowest BCUT2D eigenvalue weighted by Gasteiger charge is -1.84. The van der Waals surface area contributed by atoms with Gasteiger partial charge >= 0.3 is 0 Å². The van der Waals surface area contributed by atoms with E-state index in [1.165, 1.54) is 0 Å². The smallest absolute Gasteiger partial charge is 0.123 e. The molecule has 0 aromatic rings. The van der Waals surface area contributed by atoms with Gasteiger partial charge in [0.15, 0.2) is 0 Å². The second kappa shape index (κ2) is 13.6. The van der Waals surface area contributed by atoms with E-state index in [4.69, 9.17) is 0 Å². The number of carbonyl (C=O) groups is 1. The molecular formula is C15H22O. The van der Waals surface area contributed by atoms with E-state index in [1.54, 1.807) is 0 Å². The summed E-state index contributed by atoms with van der Waals surface area (Å²) in [7, 11) is 0. The standard InChI is InChI=1S/C15H22O/c1-2-3-4-5-6-7-8-9-10-11-12-13-14-15-16/h3-4,6-7,9-10,12-13,15H,2,5,8,11,14H2,1H3/b4-3+,7-6-,10-9-,13-12-. The van der Waals surface area contributed by atoms with Crippen LogP contribution in [0.15, 0.2) is 48.6 Å². The molecule has 0 N–H and O–H groups in total. The van der Waals surface area contributed by atoms with Crippen molar-refractivity contribution in [2.24, 2.45) is 0 Å². The Bertz CT molecular complexity index is 257. The molecule has 0 unspecified atom stereocenters. The van der Waals surface area contributed by atoms with Crippen molar-refractivity contribution in [1.29, 1.82) is 0 Å². The fraction of sp³-hybridized carbons (Fsp3) is 0.400. The number of hydrogen-bond acceptors (Lipinski definition) is 1. The molecule has 0 aromatic carbocycles. The number of hydrogen-bond donors (Lipinski definition) is 0. The highest BCUT2D eigenvalue weighted by atomic mass is 16.1. The molecular weight excluding hydrogens is 196 g/mol. The summed E-state index contributed by atoms with van der Waals surface area (Å²) in [6.45, 7) is 2.14. The van der Waals surface area contributed by atoms with E-state index in [2.05, 4.69) is 43.4 Å². The molecule has 0 aliphatic rings. The van der Waals surface area contributed by atoms with Crippen LogP contribution in [-0.4, -0.2) is 6.29 Å². The zero-order valence-corrected chi connectivity index (χ0v) is 10.1. The Balaban J connectivity index is 3.39. The molecule has 0 atom stereocenters. The van der Waals surface area contributed by atoms with Gasteiger partial charge in [-0.15, -0.1) is 0 Å². The van der Waals surface area contributed by atoms with Crippen molar-refractivity contribution in [3.63, 3.8) is 0 Å². The Hall–Kier alpha value is -1.37. The predicted octanol–water partition coefficient (Wildman–Crippen LogP) is 4.38. The molecule has 0 radical (unpaired) electrons. The fourth-order valence-corrected chi connectivity index (χ4v) is 1.13. The third kappa shape index (κ3) is 12.6. The van der Waals surface area contributed by atoms with Crippen LogP contribution in [0, 0.1) is 0 Å². The monoisotopic (exact) mass is 218 g/mol. The van der Waals surface area contributed by atoms with Crippen LogP contribution in [0.5, 0.6) is 0 Å². The first-order valence-electron chi connectivity index (χ1n) is 5.95. The maximum atomic E-state index is 10.0. The van der Waals surface area contributed by atoms with Gasteiger partial charge in [0.2, 0.25) is 0 Å². The number of allylic oxidation sites excluding steroid dienone is 8.